The summed E-state index contributed by atoms with van der Waals surface area (Å²) < 4.78 is 0. The Bertz CT molecular complexity index is 757. The van der Waals surface area contributed by atoms with Crippen LogP contribution in [0, 0.1) is 5.92 Å². The Hall–Kier alpha value is -2.41. The van der Waals surface area contributed by atoms with Gasteiger partial charge in [0.05, 0.1) is 17.6 Å². The molecule has 1 aromatic heterocycles. The Kier molecular flexibility index (Phi) is 5.33. The average molecular weight is 343 g/mol. The zero-order valence-corrected chi connectivity index (χ0v) is 14.8. The molecule has 7 heteroatoms. The first-order chi connectivity index (χ1) is 12.1. The van der Waals surface area contributed by atoms with E-state index in [1.54, 1.807) is 16.0 Å². The van der Waals surface area contributed by atoms with Crippen molar-refractivity contribution >= 4 is 22.7 Å². The van der Waals surface area contributed by atoms with E-state index >= 15 is 0 Å². The lowest BCUT2D eigenvalue weighted by molar-refractivity contribution is -0.135. The molecular weight excluding hydrogens is 318 g/mol. The van der Waals surface area contributed by atoms with Crippen LogP contribution in [0.15, 0.2) is 24.4 Å². The number of aromatic amines is 1. The zero-order valence-electron chi connectivity index (χ0n) is 14.8. The second kappa shape index (κ2) is 7.65. The van der Waals surface area contributed by atoms with Gasteiger partial charge in [-0.2, -0.15) is 5.10 Å². The molecule has 2 heterocycles. The first-order valence-electron chi connectivity index (χ1n) is 8.72. The van der Waals surface area contributed by atoms with E-state index in [0.29, 0.717) is 25.2 Å². The van der Waals surface area contributed by atoms with E-state index in [4.69, 9.17) is 0 Å². The molecule has 0 aliphatic carbocycles. The van der Waals surface area contributed by atoms with Crippen molar-refractivity contribution in [1.29, 1.82) is 0 Å². The summed E-state index contributed by atoms with van der Waals surface area (Å²) in [6, 6.07) is 5.53. The highest BCUT2D eigenvalue weighted by Crippen LogP contribution is 2.21. The number of rotatable bonds is 5. The van der Waals surface area contributed by atoms with E-state index < -0.39 is 0 Å². The number of hydrogen-bond donors (Lipinski definition) is 2. The number of H-pyrrole nitrogens is 1. The lowest BCUT2D eigenvalue weighted by Gasteiger charge is -2.34. The van der Waals surface area contributed by atoms with E-state index in [1.165, 1.54) is 0 Å². The number of nitrogens with one attached hydrogen (secondary N) is 2. The third kappa shape index (κ3) is 3.82. The second-order valence-electron chi connectivity index (χ2n) is 6.63. The molecule has 1 atom stereocenters. The first kappa shape index (κ1) is 17.4. The fourth-order valence-corrected chi connectivity index (χ4v) is 3.32. The number of fused-ring (bicyclic) bond motifs is 1. The molecule has 0 saturated carbocycles. The molecule has 1 aromatic carbocycles. The SMILES string of the molecule is CNCCN(C)C(=O)C1CCCN(C(=O)c2ccc3[nH]ncc3c2)C1. The Morgan fingerprint density at radius 3 is 3.08 bits per heavy atom. The van der Waals surface area contributed by atoms with E-state index in [-0.39, 0.29) is 17.7 Å². The van der Waals surface area contributed by atoms with Gasteiger partial charge >= 0.3 is 0 Å². The van der Waals surface area contributed by atoms with E-state index in [1.807, 2.05) is 32.3 Å². The van der Waals surface area contributed by atoms with Gasteiger partial charge in [0.25, 0.3) is 5.91 Å². The summed E-state index contributed by atoms with van der Waals surface area (Å²) in [6.07, 6.45) is 3.41. The number of nitrogens with zero attached hydrogens (tertiary/aromatic N) is 3. The fourth-order valence-electron chi connectivity index (χ4n) is 3.32. The third-order valence-electron chi connectivity index (χ3n) is 4.82. The van der Waals surface area contributed by atoms with Gasteiger partial charge < -0.3 is 15.1 Å². The first-order valence-corrected chi connectivity index (χ1v) is 8.72. The minimum atomic E-state index is -0.114. The quantitative estimate of drug-likeness (QED) is 0.852. The second-order valence-corrected chi connectivity index (χ2v) is 6.63. The maximum Gasteiger partial charge on any atom is 0.253 e. The Morgan fingerprint density at radius 2 is 2.28 bits per heavy atom. The molecule has 7 nitrogen and oxygen atoms in total. The van der Waals surface area contributed by atoms with Gasteiger partial charge in [-0.3, -0.25) is 14.7 Å². The molecule has 134 valence electrons. The predicted molar refractivity (Wildman–Crippen MR) is 96.3 cm³/mol. The summed E-state index contributed by atoms with van der Waals surface area (Å²) in [5.41, 5.74) is 1.56. The van der Waals surface area contributed by atoms with E-state index in [9.17, 15) is 9.59 Å². The van der Waals surface area contributed by atoms with Gasteiger partial charge in [0.2, 0.25) is 5.91 Å². The van der Waals surface area contributed by atoms with Crippen molar-refractivity contribution in [2.45, 2.75) is 12.8 Å². The van der Waals surface area contributed by atoms with Crippen molar-refractivity contribution in [1.82, 2.24) is 25.3 Å². The fraction of sp³-hybridized carbons (Fsp3) is 0.500. The number of piperidine rings is 1. The Balaban J connectivity index is 1.67. The molecule has 1 fully saturated rings. The summed E-state index contributed by atoms with van der Waals surface area (Å²) in [4.78, 5) is 29.0. The van der Waals surface area contributed by atoms with Gasteiger partial charge in [-0.15, -0.1) is 0 Å². The van der Waals surface area contributed by atoms with Crippen LogP contribution in [-0.4, -0.2) is 72.1 Å². The van der Waals surface area contributed by atoms with Gasteiger partial charge in [0.15, 0.2) is 0 Å². The minimum Gasteiger partial charge on any atom is -0.344 e. The largest absolute Gasteiger partial charge is 0.344 e. The van der Waals surface area contributed by atoms with Crippen LogP contribution in [0.1, 0.15) is 23.2 Å². The van der Waals surface area contributed by atoms with Crippen LogP contribution in [0.4, 0.5) is 0 Å². The number of likely N-dealkylation sites (tertiary alicyclic amines) is 1. The van der Waals surface area contributed by atoms with Crippen molar-refractivity contribution < 1.29 is 9.59 Å². The Morgan fingerprint density at radius 1 is 1.44 bits per heavy atom. The van der Waals surface area contributed by atoms with Gasteiger partial charge in [0, 0.05) is 44.2 Å². The number of hydrogen-bond acceptors (Lipinski definition) is 4. The lowest BCUT2D eigenvalue weighted by atomic mass is 9.96. The molecule has 25 heavy (non-hydrogen) atoms. The summed E-state index contributed by atoms with van der Waals surface area (Å²) in [5.74, 6) is -0.00581. The average Bonchev–Trinajstić information content (AvgIpc) is 3.12. The van der Waals surface area contributed by atoms with Crippen LogP contribution < -0.4 is 5.32 Å². The van der Waals surface area contributed by atoms with E-state index in [2.05, 4.69) is 15.5 Å². The molecule has 0 bridgehead atoms. The van der Waals surface area contributed by atoms with Crippen LogP contribution in [0.25, 0.3) is 10.9 Å². The summed E-state index contributed by atoms with van der Waals surface area (Å²) in [5, 5.41) is 10.8. The number of likely N-dealkylation sites (N-methyl/N-ethyl adjacent to an activating group) is 2. The number of carbonyl (C=O) groups excluding carboxylic acids is 2. The van der Waals surface area contributed by atoms with Crippen LogP contribution >= 0.6 is 0 Å². The molecule has 1 aliphatic heterocycles. The smallest absolute Gasteiger partial charge is 0.253 e. The highest BCUT2D eigenvalue weighted by atomic mass is 16.2. The summed E-state index contributed by atoms with van der Waals surface area (Å²) in [7, 11) is 3.70. The number of carbonyl (C=O) groups is 2. The Labute approximate surface area is 147 Å². The van der Waals surface area contributed by atoms with Crippen molar-refractivity contribution in [3.05, 3.63) is 30.0 Å². The topological polar surface area (TPSA) is 81.3 Å². The number of amides is 2. The monoisotopic (exact) mass is 343 g/mol. The molecular formula is C18H25N5O2. The normalized spacial score (nSPS) is 17.7. The molecule has 3 rings (SSSR count). The molecule has 2 aromatic rings. The van der Waals surface area contributed by atoms with Crippen molar-refractivity contribution in [3.63, 3.8) is 0 Å². The van der Waals surface area contributed by atoms with Crippen LogP contribution in [-0.2, 0) is 4.79 Å². The standard InChI is InChI=1S/C18H25N5O2/c1-19-7-9-22(2)17(24)14-4-3-8-23(12-14)18(25)13-5-6-16-15(10-13)11-20-21-16/h5-6,10-11,14,19H,3-4,7-9,12H2,1-2H3,(H,20,21). The molecule has 2 N–H and O–H groups in total. The van der Waals surface area contributed by atoms with Crippen molar-refractivity contribution in [3.8, 4) is 0 Å². The summed E-state index contributed by atoms with van der Waals surface area (Å²) in [6.45, 7) is 2.64. The van der Waals surface area contributed by atoms with Gasteiger partial charge in [0.1, 0.15) is 0 Å². The van der Waals surface area contributed by atoms with Crippen LogP contribution in [0.2, 0.25) is 0 Å². The van der Waals surface area contributed by atoms with Gasteiger partial charge in [-0.25, -0.2) is 0 Å². The molecule has 2 amide bonds. The molecule has 1 aliphatic rings. The zero-order chi connectivity index (χ0) is 17.8. The van der Waals surface area contributed by atoms with Crippen LogP contribution in [0.5, 0.6) is 0 Å². The van der Waals surface area contributed by atoms with Crippen LogP contribution in [0.3, 0.4) is 0 Å². The summed E-state index contributed by atoms with van der Waals surface area (Å²) >= 11 is 0. The molecule has 0 radical (unpaired) electrons. The highest BCUT2D eigenvalue weighted by molar-refractivity contribution is 5.98. The maximum absolute atomic E-state index is 12.8. The minimum absolute atomic E-state index is 0.0153. The van der Waals surface area contributed by atoms with Gasteiger partial charge in [-0.1, -0.05) is 0 Å². The molecule has 1 unspecified atom stereocenters. The third-order valence-corrected chi connectivity index (χ3v) is 4.82. The predicted octanol–water partition coefficient (Wildman–Crippen LogP) is 1.09. The van der Waals surface area contributed by atoms with Crippen molar-refractivity contribution in [2.24, 2.45) is 5.92 Å². The molecule has 1 saturated heterocycles. The lowest BCUT2D eigenvalue weighted by Crippen LogP contribution is -2.46. The number of benzene rings is 1. The number of aromatic nitrogens is 2. The molecule has 0 spiro atoms. The van der Waals surface area contributed by atoms with Crippen molar-refractivity contribution in [2.75, 3.05) is 40.3 Å². The highest BCUT2D eigenvalue weighted by Gasteiger charge is 2.30. The van der Waals surface area contributed by atoms with E-state index in [0.717, 1.165) is 30.3 Å². The maximum atomic E-state index is 12.8. The van der Waals surface area contributed by atoms with Gasteiger partial charge in [-0.05, 0) is 38.1 Å².